The van der Waals surface area contributed by atoms with E-state index in [9.17, 15) is 0 Å². The minimum absolute atomic E-state index is 0.415. The Morgan fingerprint density at radius 1 is 1.50 bits per heavy atom. The average Bonchev–Trinajstić information content (AvgIpc) is 2.95. The van der Waals surface area contributed by atoms with Gasteiger partial charge in [-0.05, 0) is 31.7 Å². The minimum atomic E-state index is 0.415. The Bertz CT molecular complexity index is 223. The van der Waals surface area contributed by atoms with E-state index >= 15 is 0 Å². The molecular weight excluding hydrogens is 170 g/mol. The molecule has 1 unspecified atom stereocenters. The van der Waals surface area contributed by atoms with Gasteiger partial charge >= 0.3 is 0 Å². The lowest BCUT2D eigenvalue weighted by Gasteiger charge is -2.22. The van der Waals surface area contributed by atoms with Crippen LogP contribution in [-0.2, 0) is 0 Å². The summed E-state index contributed by atoms with van der Waals surface area (Å²) >= 11 is 0. The number of nitrogens with one attached hydrogen (secondary N) is 1. The van der Waals surface area contributed by atoms with Gasteiger partial charge in [0, 0.05) is 5.54 Å². The molecule has 0 saturated heterocycles. The predicted molar refractivity (Wildman–Crippen MR) is 63.4 cm³/mol. The topological polar surface area (TPSA) is 12.0 Å². The second-order valence-corrected chi connectivity index (χ2v) is 4.27. The molecule has 0 amide bonds. The van der Waals surface area contributed by atoms with Crippen LogP contribution in [0.25, 0.3) is 0 Å². The lowest BCUT2D eigenvalue weighted by atomic mass is 9.95. The first-order chi connectivity index (χ1) is 6.68. The van der Waals surface area contributed by atoms with Crippen molar-refractivity contribution < 1.29 is 0 Å². The van der Waals surface area contributed by atoms with E-state index in [1.807, 2.05) is 6.08 Å². The molecule has 1 aliphatic rings. The van der Waals surface area contributed by atoms with Crippen LogP contribution in [0.4, 0.5) is 0 Å². The van der Waals surface area contributed by atoms with Crippen molar-refractivity contribution in [3.63, 3.8) is 0 Å². The molecule has 0 aromatic rings. The summed E-state index contributed by atoms with van der Waals surface area (Å²) in [6, 6.07) is 0. The Hall–Kier alpha value is -0.560. The maximum Gasteiger partial charge on any atom is 0.0242 e. The number of hydrogen-bond acceptors (Lipinski definition) is 1. The van der Waals surface area contributed by atoms with E-state index in [1.165, 1.54) is 18.4 Å². The van der Waals surface area contributed by atoms with Gasteiger partial charge < -0.3 is 5.32 Å². The smallest absolute Gasteiger partial charge is 0.0242 e. The zero-order valence-electron chi connectivity index (χ0n) is 9.77. The first kappa shape index (κ1) is 11.5. The molecule has 0 radical (unpaired) electrons. The highest BCUT2D eigenvalue weighted by Gasteiger charge is 2.45. The molecule has 1 rings (SSSR count). The monoisotopic (exact) mass is 193 g/mol. The van der Waals surface area contributed by atoms with Crippen molar-refractivity contribution >= 4 is 0 Å². The van der Waals surface area contributed by atoms with E-state index in [0.29, 0.717) is 11.5 Å². The number of rotatable bonds is 6. The molecule has 1 heteroatoms. The quantitative estimate of drug-likeness (QED) is 0.638. The van der Waals surface area contributed by atoms with Gasteiger partial charge in [0.2, 0.25) is 0 Å². The van der Waals surface area contributed by atoms with Crippen molar-refractivity contribution in [1.29, 1.82) is 0 Å². The second-order valence-electron chi connectivity index (χ2n) is 4.27. The predicted octanol–water partition coefficient (Wildman–Crippen LogP) is 3.29. The molecule has 80 valence electrons. The minimum Gasteiger partial charge on any atom is -0.311 e. The molecule has 1 saturated carbocycles. The maximum atomic E-state index is 3.84. The summed E-state index contributed by atoms with van der Waals surface area (Å²) in [6.07, 6.45) is 8.11. The molecule has 1 fully saturated rings. The summed E-state index contributed by atoms with van der Waals surface area (Å²) < 4.78 is 0. The van der Waals surface area contributed by atoms with Gasteiger partial charge in [0.05, 0.1) is 0 Å². The molecule has 0 aliphatic heterocycles. The molecule has 1 N–H and O–H groups in total. The summed E-state index contributed by atoms with van der Waals surface area (Å²) in [5, 5.41) is 3.61. The van der Waals surface area contributed by atoms with Crippen molar-refractivity contribution in [1.82, 2.24) is 5.32 Å². The first-order valence-electron chi connectivity index (χ1n) is 5.76. The Balaban J connectivity index is 2.60. The standard InChI is InChI=1S/C13H23N/c1-5-12(6-2)10-11(4)13(8-9-13)14-7-3/h5,10-11,14H,1,6-9H2,2-4H3/b12-10+. The van der Waals surface area contributed by atoms with Crippen LogP contribution in [0.3, 0.4) is 0 Å². The third-order valence-corrected chi connectivity index (χ3v) is 3.32. The van der Waals surface area contributed by atoms with Crippen LogP contribution in [0, 0.1) is 5.92 Å². The Morgan fingerprint density at radius 2 is 2.14 bits per heavy atom. The van der Waals surface area contributed by atoms with Crippen LogP contribution in [0.15, 0.2) is 24.3 Å². The number of allylic oxidation sites excluding steroid dienone is 2. The maximum absolute atomic E-state index is 3.84. The van der Waals surface area contributed by atoms with E-state index in [0.717, 1.165) is 13.0 Å². The lowest BCUT2D eigenvalue weighted by molar-refractivity contribution is 0.419. The zero-order valence-corrected chi connectivity index (χ0v) is 9.77. The van der Waals surface area contributed by atoms with Gasteiger partial charge in [0.25, 0.3) is 0 Å². The Labute approximate surface area is 88.3 Å². The van der Waals surface area contributed by atoms with E-state index in [4.69, 9.17) is 0 Å². The van der Waals surface area contributed by atoms with Gasteiger partial charge in [0.15, 0.2) is 0 Å². The zero-order chi connectivity index (χ0) is 10.6. The number of hydrogen-bond donors (Lipinski definition) is 1. The molecule has 14 heavy (non-hydrogen) atoms. The summed E-state index contributed by atoms with van der Waals surface area (Å²) in [6.45, 7) is 11.6. The van der Waals surface area contributed by atoms with Gasteiger partial charge in [-0.25, -0.2) is 0 Å². The molecule has 0 aromatic carbocycles. The van der Waals surface area contributed by atoms with Crippen LogP contribution in [0.1, 0.15) is 40.0 Å². The largest absolute Gasteiger partial charge is 0.311 e. The first-order valence-corrected chi connectivity index (χ1v) is 5.76. The fraction of sp³-hybridized carbons (Fsp3) is 0.692. The fourth-order valence-corrected chi connectivity index (χ4v) is 2.09. The fourth-order valence-electron chi connectivity index (χ4n) is 2.09. The Morgan fingerprint density at radius 3 is 2.50 bits per heavy atom. The van der Waals surface area contributed by atoms with Crippen LogP contribution in [-0.4, -0.2) is 12.1 Å². The van der Waals surface area contributed by atoms with Gasteiger partial charge in [0.1, 0.15) is 0 Å². The highest BCUT2D eigenvalue weighted by molar-refractivity contribution is 5.21. The summed E-state index contributed by atoms with van der Waals surface area (Å²) in [5.74, 6) is 0.635. The van der Waals surface area contributed by atoms with E-state index in [-0.39, 0.29) is 0 Å². The van der Waals surface area contributed by atoms with Gasteiger partial charge in [-0.3, -0.25) is 0 Å². The van der Waals surface area contributed by atoms with Crippen LogP contribution < -0.4 is 5.32 Å². The van der Waals surface area contributed by atoms with Gasteiger partial charge in [-0.2, -0.15) is 0 Å². The van der Waals surface area contributed by atoms with Gasteiger partial charge in [-0.15, -0.1) is 0 Å². The van der Waals surface area contributed by atoms with Crippen LogP contribution >= 0.6 is 0 Å². The molecule has 0 heterocycles. The van der Waals surface area contributed by atoms with Gasteiger partial charge in [-0.1, -0.05) is 45.1 Å². The van der Waals surface area contributed by atoms with Crippen molar-refractivity contribution in [2.24, 2.45) is 5.92 Å². The highest BCUT2D eigenvalue weighted by Crippen LogP contribution is 2.43. The third-order valence-electron chi connectivity index (χ3n) is 3.32. The average molecular weight is 193 g/mol. The summed E-state index contributed by atoms with van der Waals surface area (Å²) in [5.41, 5.74) is 1.79. The molecule has 0 spiro atoms. The molecular formula is C13H23N. The normalized spacial score (nSPS) is 21.8. The van der Waals surface area contributed by atoms with E-state index in [2.05, 4.69) is 38.7 Å². The molecule has 0 aromatic heterocycles. The molecule has 1 aliphatic carbocycles. The highest BCUT2D eigenvalue weighted by atomic mass is 15.0. The van der Waals surface area contributed by atoms with Crippen molar-refractivity contribution in [3.8, 4) is 0 Å². The van der Waals surface area contributed by atoms with Crippen molar-refractivity contribution in [3.05, 3.63) is 24.3 Å². The third kappa shape index (κ3) is 2.48. The summed E-state index contributed by atoms with van der Waals surface area (Å²) in [4.78, 5) is 0. The van der Waals surface area contributed by atoms with Crippen molar-refractivity contribution in [2.45, 2.75) is 45.6 Å². The SMILES string of the molecule is C=C/C(=C\C(C)C1(NCC)CC1)CC. The second kappa shape index (κ2) is 4.79. The summed E-state index contributed by atoms with van der Waals surface area (Å²) in [7, 11) is 0. The van der Waals surface area contributed by atoms with Crippen LogP contribution in [0.2, 0.25) is 0 Å². The lowest BCUT2D eigenvalue weighted by Crippen LogP contribution is -2.36. The van der Waals surface area contributed by atoms with E-state index < -0.39 is 0 Å². The Kier molecular flexibility index (Phi) is 3.94. The van der Waals surface area contributed by atoms with E-state index in [1.54, 1.807) is 0 Å². The molecule has 1 atom stereocenters. The molecule has 1 nitrogen and oxygen atoms in total. The van der Waals surface area contributed by atoms with Crippen LogP contribution in [0.5, 0.6) is 0 Å². The molecule has 0 bridgehead atoms. The van der Waals surface area contributed by atoms with Crippen molar-refractivity contribution in [2.75, 3.05) is 6.54 Å².